The average Bonchev–Trinajstić information content (AvgIpc) is 3.74. The van der Waals surface area contributed by atoms with E-state index in [0.29, 0.717) is 5.95 Å². The number of rotatable bonds is 2. The molecule has 4 nitrogen and oxygen atoms in total. The van der Waals surface area contributed by atoms with E-state index in [2.05, 4.69) is 120 Å². The van der Waals surface area contributed by atoms with Gasteiger partial charge in [-0.2, -0.15) is 0 Å². The molecule has 10 rings (SSSR count). The SMILES string of the molecule is c1ccc(-c2nc(-n3c4ccccc4c4c5c(ccc43)oc3ccccc35)nc3c2sc2ccc4ccccc4c23)cc1. The third kappa shape index (κ3) is 3.14. The largest absolute Gasteiger partial charge is 0.456 e. The van der Waals surface area contributed by atoms with Gasteiger partial charge in [0.2, 0.25) is 5.95 Å². The van der Waals surface area contributed by atoms with E-state index >= 15 is 0 Å². The van der Waals surface area contributed by atoms with Crippen LogP contribution in [0.4, 0.5) is 0 Å². The van der Waals surface area contributed by atoms with Crippen LogP contribution in [0.2, 0.25) is 0 Å². The van der Waals surface area contributed by atoms with Gasteiger partial charge in [0.05, 0.1) is 26.9 Å². The summed E-state index contributed by atoms with van der Waals surface area (Å²) in [5.74, 6) is 0.664. The summed E-state index contributed by atoms with van der Waals surface area (Å²) in [7, 11) is 0. The maximum Gasteiger partial charge on any atom is 0.235 e. The van der Waals surface area contributed by atoms with Gasteiger partial charge in [-0.05, 0) is 41.1 Å². The Bertz CT molecular complexity index is 2730. The van der Waals surface area contributed by atoms with E-state index < -0.39 is 0 Å². The van der Waals surface area contributed by atoms with Gasteiger partial charge in [-0.15, -0.1) is 11.3 Å². The number of benzene rings is 6. The maximum atomic E-state index is 6.30. The van der Waals surface area contributed by atoms with Crippen LogP contribution in [0.25, 0.3) is 92.0 Å². The number of furan rings is 1. The number of nitrogens with zero attached hydrogens (tertiary/aromatic N) is 3. The van der Waals surface area contributed by atoms with Crippen molar-refractivity contribution in [3.63, 3.8) is 0 Å². The lowest BCUT2D eigenvalue weighted by Crippen LogP contribution is -2.02. The van der Waals surface area contributed by atoms with Crippen LogP contribution in [0.5, 0.6) is 0 Å². The summed E-state index contributed by atoms with van der Waals surface area (Å²) in [6, 6.07) is 44.6. The Morgan fingerprint density at radius 1 is 0.535 bits per heavy atom. The summed E-state index contributed by atoms with van der Waals surface area (Å²) in [5.41, 5.74) is 6.92. The summed E-state index contributed by atoms with van der Waals surface area (Å²) in [5, 5.41) is 8.15. The number of hydrogen-bond donors (Lipinski definition) is 0. The summed E-state index contributed by atoms with van der Waals surface area (Å²) in [6.07, 6.45) is 0. The van der Waals surface area contributed by atoms with Crippen LogP contribution >= 0.6 is 11.3 Å². The van der Waals surface area contributed by atoms with Crippen molar-refractivity contribution < 1.29 is 4.42 Å². The lowest BCUT2D eigenvalue weighted by atomic mass is 10.1. The molecular formula is C38H21N3OS. The van der Waals surface area contributed by atoms with Crippen LogP contribution in [0.1, 0.15) is 0 Å². The Kier molecular flexibility index (Phi) is 4.57. The molecule has 0 aliphatic rings. The highest BCUT2D eigenvalue weighted by Gasteiger charge is 2.22. The van der Waals surface area contributed by atoms with Gasteiger partial charge in [-0.1, -0.05) is 97.1 Å². The van der Waals surface area contributed by atoms with Crippen LogP contribution in [0, 0.1) is 0 Å². The molecule has 0 N–H and O–H groups in total. The molecule has 0 spiro atoms. The number of para-hydroxylation sites is 2. The molecule has 5 heteroatoms. The Balaban J connectivity index is 1.40. The number of aromatic nitrogens is 3. The molecule has 0 saturated heterocycles. The average molecular weight is 568 g/mol. The first-order valence-electron chi connectivity index (χ1n) is 14.3. The molecule has 0 amide bonds. The predicted molar refractivity (Wildman–Crippen MR) is 179 cm³/mol. The van der Waals surface area contributed by atoms with E-state index in [1.54, 1.807) is 11.3 Å². The number of hydrogen-bond acceptors (Lipinski definition) is 4. The molecule has 43 heavy (non-hydrogen) atoms. The highest BCUT2D eigenvalue weighted by atomic mass is 32.1. The zero-order chi connectivity index (χ0) is 28.1. The zero-order valence-corrected chi connectivity index (χ0v) is 23.6. The fourth-order valence-electron chi connectivity index (χ4n) is 6.78. The lowest BCUT2D eigenvalue weighted by molar-refractivity contribution is 0.669. The zero-order valence-electron chi connectivity index (χ0n) is 22.8. The topological polar surface area (TPSA) is 43.9 Å². The fraction of sp³-hybridized carbons (Fsp3) is 0. The van der Waals surface area contributed by atoms with Gasteiger partial charge < -0.3 is 4.42 Å². The molecule has 4 heterocycles. The van der Waals surface area contributed by atoms with Gasteiger partial charge in [-0.3, -0.25) is 4.57 Å². The molecule has 0 atom stereocenters. The summed E-state index contributed by atoms with van der Waals surface area (Å²) in [6.45, 7) is 0. The minimum atomic E-state index is 0.664. The van der Waals surface area contributed by atoms with Crippen molar-refractivity contribution in [2.24, 2.45) is 0 Å². The van der Waals surface area contributed by atoms with E-state index in [0.717, 1.165) is 65.2 Å². The van der Waals surface area contributed by atoms with Crippen molar-refractivity contribution in [2.75, 3.05) is 0 Å². The van der Waals surface area contributed by atoms with Crippen LogP contribution in [-0.4, -0.2) is 14.5 Å². The monoisotopic (exact) mass is 567 g/mol. The molecule has 200 valence electrons. The molecule has 0 fully saturated rings. The fourth-order valence-corrected chi connectivity index (χ4v) is 7.95. The number of thiophene rings is 1. The van der Waals surface area contributed by atoms with Gasteiger partial charge in [-0.25, -0.2) is 9.97 Å². The quantitative estimate of drug-likeness (QED) is 0.209. The molecule has 6 aromatic carbocycles. The third-order valence-corrected chi connectivity index (χ3v) is 9.77. The first kappa shape index (κ1) is 23.1. The maximum absolute atomic E-state index is 6.30. The van der Waals surface area contributed by atoms with E-state index in [1.807, 2.05) is 12.1 Å². The first-order chi connectivity index (χ1) is 21.3. The van der Waals surface area contributed by atoms with E-state index in [1.165, 1.54) is 20.9 Å². The van der Waals surface area contributed by atoms with Crippen molar-refractivity contribution in [3.05, 3.63) is 127 Å². The standard InChI is InChI=1S/C38H21N3OS/c1-2-11-23(12-3-1)35-37-36(34-24-13-5-4-10-22(24)18-21-31(34)43-37)40-38(39-35)41-27-16-8-6-14-25(27)32-28(41)19-20-30-33(32)26-15-7-9-17-29(26)42-30/h1-21H. The van der Waals surface area contributed by atoms with Crippen molar-refractivity contribution in [2.45, 2.75) is 0 Å². The van der Waals surface area contributed by atoms with Crippen molar-refractivity contribution in [1.29, 1.82) is 0 Å². The van der Waals surface area contributed by atoms with Crippen LogP contribution < -0.4 is 0 Å². The van der Waals surface area contributed by atoms with Gasteiger partial charge >= 0.3 is 0 Å². The Morgan fingerprint density at radius 3 is 2.21 bits per heavy atom. The normalized spacial score (nSPS) is 12.2. The smallest absolute Gasteiger partial charge is 0.235 e. The number of fused-ring (bicyclic) bond motifs is 12. The Labute approximate surface area is 249 Å². The second-order valence-corrected chi connectivity index (χ2v) is 12.0. The second kappa shape index (κ2) is 8.51. The molecule has 4 aromatic heterocycles. The van der Waals surface area contributed by atoms with Gasteiger partial charge in [0.15, 0.2) is 0 Å². The third-order valence-electron chi connectivity index (χ3n) is 8.62. The molecular weight excluding hydrogens is 547 g/mol. The Hall–Kier alpha value is -5.52. The van der Waals surface area contributed by atoms with Gasteiger partial charge in [0.1, 0.15) is 11.2 Å². The summed E-state index contributed by atoms with van der Waals surface area (Å²) >= 11 is 1.77. The van der Waals surface area contributed by atoms with E-state index in [-0.39, 0.29) is 0 Å². The highest BCUT2D eigenvalue weighted by Crippen LogP contribution is 2.44. The second-order valence-electron chi connectivity index (χ2n) is 11.0. The van der Waals surface area contributed by atoms with Crippen LogP contribution in [-0.2, 0) is 0 Å². The lowest BCUT2D eigenvalue weighted by Gasteiger charge is -2.10. The van der Waals surface area contributed by atoms with Gasteiger partial charge in [0, 0.05) is 37.2 Å². The highest BCUT2D eigenvalue weighted by molar-refractivity contribution is 7.26. The van der Waals surface area contributed by atoms with Crippen LogP contribution in [0.15, 0.2) is 132 Å². The molecule has 0 aliphatic carbocycles. The minimum absolute atomic E-state index is 0.664. The van der Waals surface area contributed by atoms with Crippen molar-refractivity contribution in [1.82, 2.24) is 14.5 Å². The molecule has 10 aromatic rings. The van der Waals surface area contributed by atoms with Crippen LogP contribution in [0.3, 0.4) is 0 Å². The molecule has 0 radical (unpaired) electrons. The first-order valence-corrected chi connectivity index (χ1v) is 15.2. The molecule has 0 saturated carbocycles. The molecule has 0 bridgehead atoms. The van der Waals surface area contributed by atoms with Crippen molar-refractivity contribution >= 4 is 86.2 Å². The van der Waals surface area contributed by atoms with Gasteiger partial charge in [0.25, 0.3) is 0 Å². The summed E-state index contributed by atoms with van der Waals surface area (Å²) < 4.78 is 10.8. The molecule has 0 aliphatic heterocycles. The van der Waals surface area contributed by atoms with E-state index in [4.69, 9.17) is 14.4 Å². The summed E-state index contributed by atoms with van der Waals surface area (Å²) in [4.78, 5) is 10.8. The molecule has 0 unspecified atom stereocenters. The van der Waals surface area contributed by atoms with E-state index in [9.17, 15) is 0 Å². The minimum Gasteiger partial charge on any atom is -0.456 e. The predicted octanol–water partition coefficient (Wildman–Crippen LogP) is 10.7. The Morgan fingerprint density at radius 2 is 1.30 bits per heavy atom. The van der Waals surface area contributed by atoms with Crippen molar-refractivity contribution in [3.8, 4) is 17.2 Å².